The van der Waals surface area contributed by atoms with Crippen molar-refractivity contribution in [3.63, 3.8) is 0 Å². The Morgan fingerprint density at radius 3 is 2.12 bits per heavy atom. The molecule has 0 radical (unpaired) electrons. The van der Waals surface area contributed by atoms with Crippen molar-refractivity contribution in [3.8, 4) is 0 Å². The van der Waals surface area contributed by atoms with Crippen LogP contribution in [-0.4, -0.2) is 63.3 Å². The van der Waals surface area contributed by atoms with E-state index in [2.05, 4.69) is 0 Å². The van der Waals surface area contributed by atoms with Crippen LogP contribution in [0.25, 0.3) is 0 Å². The van der Waals surface area contributed by atoms with Crippen LogP contribution in [0.15, 0.2) is 0 Å². The zero-order chi connectivity index (χ0) is 12.7. The summed E-state index contributed by atoms with van der Waals surface area (Å²) in [4.78, 5) is 0. The summed E-state index contributed by atoms with van der Waals surface area (Å²) in [6.45, 7) is 4.03. The Morgan fingerprint density at radius 1 is 1.25 bits per heavy atom. The molecule has 16 heavy (non-hydrogen) atoms. The van der Waals surface area contributed by atoms with Gasteiger partial charge in [0.2, 0.25) is 0 Å². The third kappa shape index (κ3) is 1.97. The maximum atomic E-state index is 10.1. The first-order chi connectivity index (χ1) is 7.15. The second kappa shape index (κ2) is 4.21. The van der Waals surface area contributed by atoms with Gasteiger partial charge in [-0.3, -0.25) is 0 Å². The summed E-state index contributed by atoms with van der Waals surface area (Å²) in [7, 11) is 1.31. The van der Waals surface area contributed by atoms with Gasteiger partial charge in [0, 0.05) is 7.11 Å². The van der Waals surface area contributed by atoms with Gasteiger partial charge in [-0.05, 0) is 20.8 Å². The highest BCUT2D eigenvalue weighted by molar-refractivity contribution is 5.06. The second-order valence-corrected chi connectivity index (χ2v) is 4.72. The maximum absolute atomic E-state index is 10.1. The Balaban J connectivity index is 3.05. The van der Waals surface area contributed by atoms with Gasteiger partial charge in [0.05, 0.1) is 6.10 Å². The quantitative estimate of drug-likeness (QED) is 0.471. The van der Waals surface area contributed by atoms with Crippen LogP contribution in [0.5, 0.6) is 0 Å². The molecule has 0 aromatic heterocycles. The van der Waals surface area contributed by atoms with Gasteiger partial charge in [-0.1, -0.05) is 0 Å². The van der Waals surface area contributed by atoms with Crippen molar-refractivity contribution < 1.29 is 29.9 Å². The lowest BCUT2D eigenvalue weighted by Crippen LogP contribution is -2.72. The lowest BCUT2D eigenvalue weighted by Gasteiger charge is -2.51. The third-order valence-electron chi connectivity index (χ3n) is 3.08. The van der Waals surface area contributed by atoms with Crippen molar-refractivity contribution in [1.29, 1.82) is 0 Å². The van der Waals surface area contributed by atoms with E-state index in [1.54, 1.807) is 0 Å². The summed E-state index contributed by atoms with van der Waals surface area (Å²) in [6, 6.07) is 0. The molecular weight excluding hydrogens is 216 g/mol. The number of hydrogen-bond acceptors (Lipinski definition) is 6. The van der Waals surface area contributed by atoms with Crippen molar-refractivity contribution >= 4 is 0 Å². The van der Waals surface area contributed by atoms with E-state index in [9.17, 15) is 20.4 Å². The Labute approximate surface area is 94.4 Å². The summed E-state index contributed by atoms with van der Waals surface area (Å²) < 4.78 is 10.2. The van der Waals surface area contributed by atoms with Crippen molar-refractivity contribution in [3.05, 3.63) is 0 Å². The largest absolute Gasteiger partial charge is 0.391 e. The van der Waals surface area contributed by atoms with Gasteiger partial charge in [0.25, 0.3) is 0 Å². The normalized spacial score (nSPS) is 51.4. The van der Waals surface area contributed by atoms with E-state index in [0.717, 1.165) is 0 Å². The van der Waals surface area contributed by atoms with Crippen LogP contribution in [-0.2, 0) is 9.47 Å². The van der Waals surface area contributed by atoms with Crippen LogP contribution >= 0.6 is 0 Å². The van der Waals surface area contributed by atoms with E-state index in [1.165, 1.54) is 27.9 Å². The smallest absolute Gasteiger partial charge is 0.188 e. The lowest BCUT2D eigenvalue weighted by atomic mass is 9.77. The Bertz CT molecular complexity index is 246. The average Bonchev–Trinajstić information content (AvgIpc) is 2.14. The SMILES string of the molecule is CO[C@@H]1O[C@H](C(C)O)[C@@](C)(O)[C@H](O)[C@@]1(C)O. The number of aliphatic hydroxyl groups is 4. The number of ether oxygens (including phenoxy) is 2. The minimum absolute atomic E-state index is 1.00. The number of methoxy groups -OCH3 is 1. The molecule has 6 atom stereocenters. The van der Waals surface area contributed by atoms with Gasteiger partial charge in [-0.15, -0.1) is 0 Å². The topological polar surface area (TPSA) is 99.4 Å². The highest BCUT2D eigenvalue weighted by Crippen LogP contribution is 2.37. The van der Waals surface area contributed by atoms with Gasteiger partial charge in [0.15, 0.2) is 6.29 Å². The van der Waals surface area contributed by atoms with Crippen LogP contribution in [0.3, 0.4) is 0 Å². The molecule has 0 aromatic carbocycles. The van der Waals surface area contributed by atoms with Gasteiger partial charge < -0.3 is 29.9 Å². The molecule has 1 aliphatic rings. The van der Waals surface area contributed by atoms with Crippen LogP contribution in [0.4, 0.5) is 0 Å². The van der Waals surface area contributed by atoms with E-state index in [1.807, 2.05) is 0 Å². The molecule has 4 N–H and O–H groups in total. The number of rotatable bonds is 2. The molecule has 1 heterocycles. The predicted molar refractivity (Wildman–Crippen MR) is 54.6 cm³/mol. The van der Waals surface area contributed by atoms with Crippen LogP contribution in [0.1, 0.15) is 20.8 Å². The standard InChI is InChI=1S/C10H20O6/c1-5(11)6-9(2,13)7(12)10(3,14)8(15-4)16-6/h5-8,11-14H,1-4H3/t5?,6-,7+,8-,9-,10-/m1/s1. The van der Waals surface area contributed by atoms with Crippen LogP contribution < -0.4 is 0 Å². The fourth-order valence-electron chi connectivity index (χ4n) is 2.18. The summed E-state index contributed by atoms with van der Waals surface area (Å²) in [5, 5.41) is 39.5. The van der Waals surface area contributed by atoms with E-state index >= 15 is 0 Å². The average molecular weight is 236 g/mol. The Hall–Kier alpha value is -0.240. The second-order valence-electron chi connectivity index (χ2n) is 4.72. The van der Waals surface area contributed by atoms with E-state index in [4.69, 9.17) is 9.47 Å². The van der Waals surface area contributed by atoms with Gasteiger partial charge in [-0.25, -0.2) is 0 Å². The van der Waals surface area contributed by atoms with Crippen LogP contribution in [0, 0.1) is 0 Å². The number of hydrogen-bond donors (Lipinski definition) is 4. The van der Waals surface area contributed by atoms with Crippen molar-refractivity contribution in [2.45, 2.75) is 56.6 Å². The number of aliphatic hydroxyl groups excluding tert-OH is 2. The third-order valence-corrected chi connectivity index (χ3v) is 3.08. The van der Waals surface area contributed by atoms with E-state index < -0.39 is 35.8 Å². The molecule has 1 fully saturated rings. The zero-order valence-electron chi connectivity index (χ0n) is 9.91. The maximum Gasteiger partial charge on any atom is 0.188 e. The molecule has 1 rings (SSSR count). The van der Waals surface area contributed by atoms with Crippen LogP contribution in [0.2, 0.25) is 0 Å². The lowest BCUT2D eigenvalue weighted by molar-refractivity contribution is -0.361. The van der Waals surface area contributed by atoms with E-state index in [0.29, 0.717) is 0 Å². The fourth-order valence-corrected chi connectivity index (χ4v) is 2.18. The minimum atomic E-state index is -1.76. The molecule has 1 unspecified atom stereocenters. The molecule has 0 saturated carbocycles. The highest BCUT2D eigenvalue weighted by Gasteiger charge is 2.59. The van der Waals surface area contributed by atoms with Gasteiger partial charge in [0.1, 0.15) is 23.4 Å². The molecule has 0 aliphatic carbocycles. The summed E-state index contributed by atoms with van der Waals surface area (Å²) in [5.74, 6) is 0. The van der Waals surface area contributed by atoms with Gasteiger partial charge >= 0.3 is 0 Å². The first-order valence-corrected chi connectivity index (χ1v) is 5.14. The van der Waals surface area contributed by atoms with Crippen molar-refractivity contribution in [2.24, 2.45) is 0 Å². The monoisotopic (exact) mass is 236 g/mol. The van der Waals surface area contributed by atoms with Crippen molar-refractivity contribution in [1.82, 2.24) is 0 Å². The van der Waals surface area contributed by atoms with Crippen molar-refractivity contribution in [2.75, 3.05) is 7.11 Å². The molecule has 0 spiro atoms. The molecular formula is C10H20O6. The Morgan fingerprint density at radius 2 is 1.75 bits per heavy atom. The molecule has 1 saturated heterocycles. The molecule has 0 aromatic rings. The highest BCUT2D eigenvalue weighted by atomic mass is 16.7. The summed E-state index contributed by atoms with van der Waals surface area (Å²) in [6.07, 6.45) is -4.63. The Kier molecular flexibility index (Phi) is 3.64. The summed E-state index contributed by atoms with van der Waals surface area (Å²) >= 11 is 0. The minimum Gasteiger partial charge on any atom is -0.391 e. The molecule has 6 nitrogen and oxygen atoms in total. The fraction of sp³-hybridized carbons (Fsp3) is 1.00. The summed E-state index contributed by atoms with van der Waals surface area (Å²) in [5.41, 5.74) is -3.50. The first kappa shape index (κ1) is 13.8. The van der Waals surface area contributed by atoms with Gasteiger partial charge in [-0.2, -0.15) is 0 Å². The molecule has 0 amide bonds. The molecule has 6 heteroatoms. The van der Waals surface area contributed by atoms with E-state index in [-0.39, 0.29) is 0 Å². The molecule has 0 bridgehead atoms. The first-order valence-electron chi connectivity index (χ1n) is 5.14. The zero-order valence-corrected chi connectivity index (χ0v) is 9.91. The molecule has 1 aliphatic heterocycles. The molecule has 96 valence electrons. The predicted octanol–water partition coefficient (Wildman–Crippen LogP) is -1.40.